The maximum atomic E-state index is 13.7. The SMILES string of the molecule is CCCCN1C(=O)[C@@H]([C@H](O)C(C)C)NC(=O)C12CCN(C(c1ccc(C(=O)O)cc1)c1c(C)n[nH]c1C)CC2. The summed E-state index contributed by atoms with van der Waals surface area (Å²) in [7, 11) is 0. The first kappa shape index (κ1) is 28.8. The van der Waals surface area contributed by atoms with E-state index in [0.29, 0.717) is 32.5 Å². The predicted molar refractivity (Wildman–Crippen MR) is 146 cm³/mol. The summed E-state index contributed by atoms with van der Waals surface area (Å²) >= 11 is 0. The molecule has 0 bridgehead atoms. The van der Waals surface area contributed by atoms with Gasteiger partial charge >= 0.3 is 5.97 Å². The number of H-pyrrole nitrogens is 1. The number of aromatic carboxylic acids is 1. The van der Waals surface area contributed by atoms with E-state index in [1.165, 1.54) is 0 Å². The van der Waals surface area contributed by atoms with Crippen molar-refractivity contribution in [2.24, 2.45) is 5.92 Å². The van der Waals surface area contributed by atoms with E-state index in [9.17, 15) is 24.6 Å². The van der Waals surface area contributed by atoms with Crippen molar-refractivity contribution in [2.75, 3.05) is 19.6 Å². The highest BCUT2D eigenvalue weighted by Crippen LogP contribution is 2.40. The van der Waals surface area contributed by atoms with Crippen molar-refractivity contribution in [3.05, 3.63) is 52.3 Å². The zero-order valence-corrected chi connectivity index (χ0v) is 23.5. The number of carbonyl (C=O) groups is 3. The van der Waals surface area contributed by atoms with Crippen molar-refractivity contribution in [3.63, 3.8) is 0 Å². The van der Waals surface area contributed by atoms with Gasteiger partial charge in [0.15, 0.2) is 0 Å². The van der Waals surface area contributed by atoms with Crippen LogP contribution in [0.5, 0.6) is 0 Å². The van der Waals surface area contributed by atoms with E-state index in [1.807, 2.05) is 39.8 Å². The number of nitrogens with zero attached hydrogens (tertiary/aromatic N) is 3. The lowest BCUT2D eigenvalue weighted by atomic mass is 9.79. The van der Waals surface area contributed by atoms with Crippen LogP contribution in [-0.4, -0.2) is 85.3 Å². The van der Waals surface area contributed by atoms with Gasteiger partial charge in [-0.1, -0.05) is 39.3 Å². The van der Waals surface area contributed by atoms with Crippen LogP contribution >= 0.6 is 0 Å². The lowest BCUT2D eigenvalue weighted by Gasteiger charge is -2.53. The van der Waals surface area contributed by atoms with Crippen LogP contribution in [0.2, 0.25) is 0 Å². The van der Waals surface area contributed by atoms with Crippen LogP contribution in [0.1, 0.15) is 85.4 Å². The Balaban J connectivity index is 1.65. The number of nitrogens with one attached hydrogen (secondary N) is 2. The molecule has 3 atom stereocenters. The Labute approximate surface area is 229 Å². The van der Waals surface area contributed by atoms with Gasteiger partial charge < -0.3 is 20.4 Å². The summed E-state index contributed by atoms with van der Waals surface area (Å²) < 4.78 is 0. The summed E-state index contributed by atoms with van der Waals surface area (Å²) in [5.41, 5.74) is 3.02. The quantitative estimate of drug-likeness (QED) is 0.384. The third kappa shape index (κ3) is 5.32. The Morgan fingerprint density at radius 3 is 2.31 bits per heavy atom. The average molecular weight is 540 g/mol. The zero-order valence-electron chi connectivity index (χ0n) is 23.5. The summed E-state index contributed by atoms with van der Waals surface area (Å²) in [6, 6.07) is 5.78. The summed E-state index contributed by atoms with van der Waals surface area (Å²) in [5.74, 6) is -1.55. The minimum atomic E-state index is -0.977. The van der Waals surface area contributed by atoms with E-state index in [4.69, 9.17) is 0 Å². The maximum Gasteiger partial charge on any atom is 0.335 e. The second-order valence-electron chi connectivity index (χ2n) is 11.3. The van der Waals surface area contributed by atoms with Crippen LogP contribution in [0.25, 0.3) is 0 Å². The number of aliphatic hydroxyl groups is 1. The molecule has 1 aromatic heterocycles. The van der Waals surface area contributed by atoms with Gasteiger partial charge in [-0.25, -0.2) is 4.79 Å². The molecule has 2 fully saturated rings. The van der Waals surface area contributed by atoms with E-state index in [2.05, 4.69) is 27.3 Å². The monoisotopic (exact) mass is 539 g/mol. The van der Waals surface area contributed by atoms with Gasteiger partial charge in [-0.3, -0.25) is 19.6 Å². The molecule has 3 heterocycles. The first-order valence-electron chi connectivity index (χ1n) is 13.9. The molecular formula is C29H41N5O5. The molecule has 0 saturated carbocycles. The van der Waals surface area contributed by atoms with Crippen LogP contribution in [0.4, 0.5) is 0 Å². The molecule has 2 aliphatic rings. The summed E-state index contributed by atoms with van der Waals surface area (Å²) in [6.07, 6.45) is 1.63. The number of carbonyl (C=O) groups excluding carboxylic acids is 2. The average Bonchev–Trinajstić information content (AvgIpc) is 3.24. The van der Waals surface area contributed by atoms with Crippen LogP contribution in [0.15, 0.2) is 24.3 Å². The highest BCUT2D eigenvalue weighted by molar-refractivity contribution is 6.00. The molecule has 39 heavy (non-hydrogen) atoms. The molecule has 10 heteroatoms. The topological polar surface area (TPSA) is 139 Å². The predicted octanol–water partition coefficient (Wildman–Crippen LogP) is 2.79. The van der Waals surface area contributed by atoms with Crippen LogP contribution < -0.4 is 5.32 Å². The van der Waals surface area contributed by atoms with E-state index >= 15 is 0 Å². The number of piperazine rings is 1. The first-order chi connectivity index (χ1) is 18.5. The number of aryl methyl sites for hydroxylation is 2. The number of unbranched alkanes of at least 4 members (excludes halogenated alkanes) is 1. The third-order valence-corrected chi connectivity index (χ3v) is 8.44. The highest BCUT2D eigenvalue weighted by atomic mass is 16.4. The van der Waals surface area contributed by atoms with E-state index in [0.717, 1.165) is 35.4 Å². The van der Waals surface area contributed by atoms with E-state index in [-0.39, 0.29) is 29.3 Å². The Kier molecular flexibility index (Phi) is 8.46. The molecule has 0 aliphatic carbocycles. The molecule has 2 saturated heterocycles. The van der Waals surface area contributed by atoms with Gasteiger partial charge in [0, 0.05) is 30.9 Å². The summed E-state index contributed by atoms with van der Waals surface area (Å²) in [6.45, 7) is 11.2. The minimum absolute atomic E-state index is 0.169. The van der Waals surface area contributed by atoms with Gasteiger partial charge in [0.25, 0.3) is 0 Å². The molecule has 4 N–H and O–H groups in total. The largest absolute Gasteiger partial charge is 0.478 e. The van der Waals surface area contributed by atoms with E-state index < -0.39 is 23.7 Å². The molecule has 4 rings (SSSR count). The van der Waals surface area contributed by atoms with Crippen molar-refractivity contribution in [2.45, 2.75) is 84.0 Å². The normalized spacial score (nSPS) is 21.3. The fourth-order valence-corrected chi connectivity index (χ4v) is 6.08. The van der Waals surface area contributed by atoms with Crippen molar-refractivity contribution in [1.29, 1.82) is 0 Å². The molecule has 212 valence electrons. The summed E-state index contributed by atoms with van der Waals surface area (Å²) in [5, 5.41) is 30.4. The van der Waals surface area contributed by atoms with Crippen molar-refractivity contribution in [1.82, 2.24) is 25.3 Å². The molecule has 1 aromatic carbocycles. The van der Waals surface area contributed by atoms with Crippen LogP contribution in [-0.2, 0) is 9.59 Å². The standard InChI is InChI=1S/C29H41N5O5/c1-6-7-14-34-26(36)23(25(35)17(2)3)30-28(39)29(34)12-15-33(16-13-29)24(22-18(4)31-32-19(22)5)20-8-10-21(11-9-20)27(37)38/h8-11,17,23-25,35H,6-7,12-16H2,1-5H3,(H,30,39)(H,31,32)(H,37,38)/t23-,24?,25-/m1/s1. The third-order valence-electron chi connectivity index (χ3n) is 8.44. The van der Waals surface area contributed by atoms with Gasteiger partial charge in [0.1, 0.15) is 11.6 Å². The molecular weight excluding hydrogens is 498 g/mol. The Hall–Kier alpha value is -3.24. The number of aliphatic hydroxyl groups excluding tert-OH is 1. The Bertz CT molecular complexity index is 1180. The number of rotatable bonds is 9. The lowest BCUT2D eigenvalue weighted by molar-refractivity contribution is -0.165. The number of aromatic amines is 1. The lowest BCUT2D eigenvalue weighted by Crippen LogP contribution is -2.75. The number of piperidine rings is 1. The number of benzene rings is 1. The highest BCUT2D eigenvalue weighted by Gasteiger charge is 2.55. The zero-order chi connectivity index (χ0) is 28.5. The Morgan fingerprint density at radius 2 is 1.79 bits per heavy atom. The van der Waals surface area contributed by atoms with Crippen molar-refractivity contribution in [3.8, 4) is 0 Å². The fraction of sp³-hybridized carbons (Fsp3) is 0.586. The number of aromatic nitrogens is 2. The van der Waals surface area contributed by atoms with E-state index in [1.54, 1.807) is 17.0 Å². The molecule has 0 radical (unpaired) electrons. The fourth-order valence-electron chi connectivity index (χ4n) is 6.08. The molecule has 2 amide bonds. The molecule has 1 unspecified atom stereocenters. The van der Waals surface area contributed by atoms with Gasteiger partial charge in [-0.15, -0.1) is 0 Å². The maximum absolute atomic E-state index is 13.7. The first-order valence-corrected chi connectivity index (χ1v) is 13.9. The Morgan fingerprint density at radius 1 is 1.15 bits per heavy atom. The number of carboxylic acid groups (broad SMARTS) is 1. The van der Waals surface area contributed by atoms with Crippen LogP contribution in [0.3, 0.4) is 0 Å². The van der Waals surface area contributed by atoms with Crippen molar-refractivity contribution < 1.29 is 24.6 Å². The summed E-state index contributed by atoms with van der Waals surface area (Å²) in [4.78, 5) is 42.9. The number of likely N-dealkylation sites (tertiary alicyclic amines) is 1. The second kappa shape index (κ2) is 11.5. The van der Waals surface area contributed by atoms with Crippen LogP contribution in [0, 0.1) is 19.8 Å². The number of hydrogen-bond donors (Lipinski definition) is 4. The molecule has 10 nitrogen and oxygen atoms in total. The molecule has 1 spiro atoms. The van der Waals surface area contributed by atoms with Gasteiger partial charge in [-0.2, -0.15) is 5.10 Å². The van der Waals surface area contributed by atoms with Gasteiger partial charge in [-0.05, 0) is 56.7 Å². The van der Waals surface area contributed by atoms with Gasteiger partial charge in [0.05, 0.1) is 23.4 Å². The van der Waals surface area contributed by atoms with Crippen molar-refractivity contribution >= 4 is 17.8 Å². The number of amides is 2. The molecule has 2 aliphatic heterocycles. The minimum Gasteiger partial charge on any atom is -0.478 e. The molecule has 2 aromatic rings. The number of hydrogen-bond acceptors (Lipinski definition) is 6. The second-order valence-corrected chi connectivity index (χ2v) is 11.3. The van der Waals surface area contributed by atoms with Gasteiger partial charge in [0.2, 0.25) is 11.8 Å². The number of carboxylic acids is 1. The smallest absolute Gasteiger partial charge is 0.335 e.